The summed E-state index contributed by atoms with van der Waals surface area (Å²) in [7, 11) is 0. The van der Waals surface area contributed by atoms with Crippen LogP contribution in [0.25, 0.3) is 0 Å². The van der Waals surface area contributed by atoms with Crippen molar-refractivity contribution in [3.8, 4) is 0 Å². The Balaban J connectivity index is 2.64. The standard InChI is InChI=1S/C11H20N4/c1-4-9(12)7-13-11-6-10(5-2)14-8(3)15-11/h6,9H,4-5,7,12H2,1-3H3,(H,13,14,15). The molecular weight excluding hydrogens is 188 g/mol. The highest BCUT2D eigenvalue weighted by Gasteiger charge is 2.02. The van der Waals surface area contributed by atoms with Gasteiger partial charge in [0.1, 0.15) is 11.6 Å². The Hall–Kier alpha value is -1.16. The second-order valence-electron chi connectivity index (χ2n) is 3.69. The zero-order valence-corrected chi connectivity index (χ0v) is 9.75. The first-order valence-corrected chi connectivity index (χ1v) is 5.49. The van der Waals surface area contributed by atoms with Crippen LogP contribution >= 0.6 is 0 Å². The Kier molecular flexibility index (Phi) is 4.49. The average Bonchev–Trinajstić information content (AvgIpc) is 2.25. The predicted octanol–water partition coefficient (Wildman–Crippen LogP) is 1.50. The molecule has 1 heterocycles. The molecule has 1 aromatic rings. The molecule has 4 nitrogen and oxygen atoms in total. The molecule has 0 fully saturated rings. The van der Waals surface area contributed by atoms with E-state index in [1.807, 2.05) is 13.0 Å². The molecule has 1 atom stereocenters. The van der Waals surface area contributed by atoms with Crippen molar-refractivity contribution >= 4 is 5.82 Å². The predicted molar refractivity (Wildman–Crippen MR) is 62.9 cm³/mol. The summed E-state index contributed by atoms with van der Waals surface area (Å²) in [6, 6.07) is 2.17. The molecule has 15 heavy (non-hydrogen) atoms. The average molecular weight is 208 g/mol. The van der Waals surface area contributed by atoms with Gasteiger partial charge in [-0.1, -0.05) is 13.8 Å². The van der Waals surface area contributed by atoms with Gasteiger partial charge in [0, 0.05) is 24.3 Å². The van der Waals surface area contributed by atoms with Crippen LogP contribution in [0.4, 0.5) is 5.82 Å². The van der Waals surface area contributed by atoms with Gasteiger partial charge in [0.15, 0.2) is 0 Å². The number of nitrogens with zero attached hydrogens (tertiary/aromatic N) is 2. The fourth-order valence-electron chi connectivity index (χ4n) is 1.28. The van der Waals surface area contributed by atoms with Crippen LogP contribution in [0.1, 0.15) is 31.8 Å². The zero-order chi connectivity index (χ0) is 11.3. The third-order valence-electron chi connectivity index (χ3n) is 2.32. The lowest BCUT2D eigenvalue weighted by Crippen LogP contribution is -2.28. The summed E-state index contributed by atoms with van der Waals surface area (Å²) < 4.78 is 0. The summed E-state index contributed by atoms with van der Waals surface area (Å²) in [6.07, 6.45) is 1.90. The van der Waals surface area contributed by atoms with Gasteiger partial charge in [0.05, 0.1) is 0 Å². The van der Waals surface area contributed by atoms with Gasteiger partial charge >= 0.3 is 0 Å². The molecule has 0 saturated carbocycles. The number of aromatic nitrogens is 2. The Bertz CT molecular complexity index is 311. The lowest BCUT2D eigenvalue weighted by atomic mass is 10.2. The van der Waals surface area contributed by atoms with Gasteiger partial charge in [0.2, 0.25) is 0 Å². The molecule has 0 saturated heterocycles. The number of nitrogens with one attached hydrogen (secondary N) is 1. The first kappa shape index (κ1) is 11.9. The molecular formula is C11H20N4. The summed E-state index contributed by atoms with van der Waals surface area (Å²) in [5, 5.41) is 3.23. The highest BCUT2D eigenvalue weighted by Crippen LogP contribution is 2.07. The molecule has 0 radical (unpaired) electrons. The topological polar surface area (TPSA) is 63.8 Å². The van der Waals surface area contributed by atoms with Crippen molar-refractivity contribution in [1.82, 2.24) is 9.97 Å². The van der Waals surface area contributed by atoms with Crippen LogP contribution in [0.15, 0.2) is 6.07 Å². The smallest absolute Gasteiger partial charge is 0.129 e. The van der Waals surface area contributed by atoms with Crippen LogP contribution in [0.2, 0.25) is 0 Å². The molecule has 1 unspecified atom stereocenters. The van der Waals surface area contributed by atoms with Crippen LogP contribution in [-0.2, 0) is 6.42 Å². The highest BCUT2D eigenvalue weighted by molar-refractivity contribution is 5.36. The first-order chi connectivity index (χ1) is 7.15. The molecule has 3 N–H and O–H groups in total. The van der Waals surface area contributed by atoms with E-state index in [0.717, 1.165) is 36.7 Å². The Morgan fingerprint density at radius 2 is 2.13 bits per heavy atom. The van der Waals surface area contributed by atoms with Crippen LogP contribution < -0.4 is 11.1 Å². The lowest BCUT2D eigenvalue weighted by molar-refractivity contribution is 0.677. The largest absolute Gasteiger partial charge is 0.368 e. The van der Waals surface area contributed by atoms with E-state index in [1.54, 1.807) is 0 Å². The molecule has 0 bridgehead atoms. The minimum atomic E-state index is 0.186. The normalized spacial score (nSPS) is 12.5. The van der Waals surface area contributed by atoms with Gasteiger partial charge < -0.3 is 11.1 Å². The lowest BCUT2D eigenvalue weighted by Gasteiger charge is -2.11. The van der Waals surface area contributed by atoms with E-state index in [2.05, 4.69) is 29.1 Å². The number of hydrogen-bond acceptors (Lipinski definition) is 4. The fourth-order valence-corrected chi connectivity index (χ4v) is 1.28. The third kappa shape index (κ3) is 3.83. The van der Waals surface area contributed by atoms with E-state index in [9.17, 15) is 0 Å². The van der Waals surface area contributed by atoms with Crippen molar-refractivity contribution in [2.24, 2.45) is 5.73 Å². The summed E-state index contributed by atoms with van der Waals surface area (Å²) in [6.45, 7) is 6.83. The zero-order valence-electron chi connectivity index (χ0n) is 9.75. The molecule has 0 spiro atoms. The van der Waals surface area contributed by atoms with E-state index < -0.39 is 0 Å². The Labute approximate surface area is 91.3 Å². The summed E-state index contributed by atoms with van der Waals surface area (Å²) in [5.41, 5.74) is 6.89. The molecule has 0 aromatic carbocycles. The maximum absolute atomic E-state index is 5.82. The summed E-state index contributed by atoms with van der Waals surface area (Å²) in [5.74, 6) is 1.69. The van der Waals surface area contributed by atoms with Gasteiger partial charge in [-0.25, -0.2) is 9.97 Å². The molecule has 0 amide bonds. The summed E-state index contributed by atoms with van der Waals surface area (Å²) in [4.78, 5) is 8.63. The Morgan fingerprint density at radius 1 is 1.40 bits per heavy atom. The van der Waals surface area contributed by atoms with Crippen molar-refractivity contribution < 1.29 is 0 Å². The molecule has 1 rings (SSSR count). The number of hydrogen-bond donors (Lipinski definition) is 2. The second-order valence-corrected chi connectivity index (χ2v) is 3.69. The van der Waals surface area contributed by atoms with Crippen LogP contribution in [0.3, 0.4) is 0 Å². The van der Waals surface area contributed by atoms with E-state index in [4.69, 9.17) is 5.73 Å². The van der Waals surface area contributed by atoms with Crippen molar-refractivity contribution in [1.29, 1.82) is 0 Å². The van der Waals surface area contributed by atoms with Gasteiger partial charge in [-0.15, -0.1) is 0 Å². The van der Waals surface area contributed by atoms with E-state index in [0.29, 0.717) is 0 Å². The van der Waals surface area contributed by atoms with Crippen molar-refractivity contribution in [2.75, 3.05) is 11.9 Å². The van der Waals surface area contributed by atoms with Crippen molar-refractivity contribution in [3.05, 3.63) is 17.6 Å². The molecule has 0 aliphatic rings. The SMILES string of the molecule is CCc1cc(NCC(N)CC)nc(C)n1. The number of anilines is 1. The quantitative estimate of drug-likeness (QED) is 0.769. The number of aryl methyl sites for hydroxylation is 2. The van der Waals surface area contributed by atoms with Crippen molar-refractivity contribution in [3.63, 3.8) is 0 Å². The maximum Gasteiger partial charge on any atom is 0.129 e. The molecule has 4 heteroatoms. The monoisotopic (exact) mass is 208 g/mol. The van der Waals surface area contributed by atoms with E-state index >= 15 is 0 Å². The maximum atomic E-state index is 5.82. The van der Waals surface area contributed by atoms with Crippen LogP contribution in [0, 0.1) is 6.92 Å². The van der Waals surface area contributed by atoms with E-state index in [1.165, 1.54) is 0 Å². The Morgan fingerprint density at radius 3 is 2.73 bits per heavy atom. The van der Waals surface area contributed by atoms with Gasteiger partial charge in [-0.3, -0.25) is 0 Å². The molecule has 84 valence electrons. The number of nitrogens with two attached hydrogens (primary N) is 1. The third-order valence-corrected chi connectivity index (χ3v) is 2.32. The van der Waals surface area contributed by atoms with E-state index in [-0.39, 0.29) is 6.04 Å². The number of rotatable bonds is 5. The first-order valence-electron chi connectivity index (χ1n) is 5.49. The molecule has 1 aromatic heterocycles. The van der Waals surface area contributed by atoms with Gasteiger partial charge in [-0.2, -0.15) is 0 Å². The van der Waals surface area contributed by atoms with Crippen LogP contribution in [0.5, 0.6) is 0 Å². The second kappa shape index (κ2) is 5.66. The molecule has 0 aliphatic heterocycles. The molecule has 0 aliphatic carbocycles. The summed E-state index contributed by atoms with van der Waals surface area (Å²) >= 11 is 0. The van der Waals surface area contributed by atoms with Crippen LogP contribution in [-0.4, -0.2) is 22.6 Å². The fraction of sp³-hybridized carbons (Fsp3) is 0.636. The van der Waals surface area contributed by atoms with Gasteiger partial charge in [-0.05, 0) is 19.8 Å². The highest BCUT2D eigenvalue weighted by atomic mass is 15.0. The minimum absolute atomic E-state index is 0.186. The van der Waals surface area contributed by atoms with Crippen molar-refractivity contribution in [2.45, 2.75) is 39.7 Å². The minimum Gasteiger partial charge on any atom is -0.368 e. The van der Waals surface area contributed by atoms with Gasteiger partial charge in [0.25, 0.3) is 0 Å².